The lowest BCUT2D eigenvalue weighted by molar-refractivity contribution is -0.139. The normalized spacial score (nSPS) is 11.8. The van der Waals surface area contributed by atoms with E-state index in [0.717, 1.165) is 6.07 Å². The number of halogens is 3. The van der Waals surface area contributed by atoms with E-state index in [4.69, 9.17) is 10.5 Å². The lowest BCUT2D eigenvalue weighted by atomic mass is 10.1. The molecule has 2 amide bonds. The number of amides is 2. The molecule has 1 atom stereocenters. The minimum Gasteiger partial charge on any atom is -0.462 e. The summed E-state index contributed by atoms with van der Waals surface area (Å²) >= 11 is 0. The zero-order chi connectivity index (χ0) is 29.9. The molecule has 10 nitrogen and oxygen atoms in total. The molecule has 1 aromatic heterocycles. The summed E-state index contributed by atoms with van der Waals surface area (Å²) in [5.41, 5.74) is 4.99. The van der Waals surface area contributed by atoms with E-state index in [1.165, 1.54) is 25.4 Å². The molecule has 0 spiro atoms. The van der Waals surface area contributed by atoms with Gasteiger partial charge in [0.1, 0.15) is 23.5 Å². The van der Waals surface area contributed by atoms with E-state index in [9.17, 15) is 22.8 Å². The molecule has 3 aromatic rings. The van der Waals surface area contributed by atoms with Gasteiger partial charge in [-0.3, -0.25) is 4.79 Å². The number of nitrogens with one attached hydrogen (secondary N) is 3. The van der Waals surface area contributed by atoms with Crippen molar-refractivity contribution in [1.29, 1.82) is 0 Å². The standard InChI is InChI=1S/C22H23F3N6O2.C5H10O2/c1-13-3-4-16(9-18(13)22(23,24)25)31-21(32)30-15-5-7-17(8-6-15)33-20-10-19(27-12-28-20)29-14(2)11-26;1-5(2,3)7-4-6/h3-10,12,14H,11,26H2,1-2H3,(H,27,28,29)(H2,30,31,32);4H,1-3H3. The van der Waals surface area contributed by atoms with Crippen LogP contribution in [0.1, 0.15) is 38.8 Å². The van der Waals surface area contributed by atoms with Gasteiger partial charge in [0, 0.05) is 30.0 Å². The van der Waals surface area contributed by atoms with Gasteiger partial charge in [0.25, 0.3) is 6.47 Å². The summed E-state index contributed by atoms with van der Waals surface area (Å²) in [6, 6.07) is 11.0. The minimum absolute atomic E-state index is 0.0301. The fraction of sp³-hybridized carbons (Fsp3) is 0.333. The number of ether oxygens (including phenoxy) is 2. The van der Waals surface area contributed by atoms with E-state index < -0.39 is 17.8 Å². The first-order valence-corrected chi connectivity index (χ1v) is 12.1. The van der Waals surface area contributed by atoms with Gasteiger partial charge in [-0.25, -0.2) is 14.8 Å². The number of hydrogen-bond donors (Lipinski definition) is 4. The van der Waals surface area contributed by atoms with Crippen molar-refractivity contribution in [2.75, 3.05) is 22.5 Å². The van der Waals surface area contributed by atoms with Crippen LogP contribution in [0.4, 0.5) is 35.2 Å². The fourth-order valence-corrected chi connectivity index (χ4v) is 2.96. The highest BCUT2D eigenvalue weighted by molar-refractivity contribution is 5.99. The molecular formula is C27H33F3N6O4. The Hall–Kier alpha value is -4.39. The van der Waals surface area contributed by atoms with Crippen LogP contribution in [0.2, 0.25) is 0 Å². The van der Waals surface area contributed by atoms with Gasteiger partial charge in [-0.2, -0.15) is 13.2 Å². The second-order valence-corrected chi connectivity index (χ2v) is 9.58. The van der Waals surface area contributed by atoms with Gasteiger partial charge in [0.2, 0.25) is 5.88 Å². The number of aryl methyl sites for hydroxylation is 1. The van der Waals surface area contributed by atoms with Crippen molar-refractivity contribution < 1.29 is 32.2 Å². The first kappa shape index (κ1) is 31.8. The summed E-state index contributed by atoms with van der Waals surface area (Å²) in [7, 11) is 0. The number of rotatable bonds is 8. The van der Waals surface area contributed by atoms with Crippen LogP contribution in [-0.2, 0) is 15.7 Å². The van der Waals surface area contributed by atoms with Crippen LogP contribution in [0, 0.1) is 6.92 Å². The number of nitrogens with zero attached hydrogens (tertiary/aromatic N) is 2. The van der Waals surface area contributed by atoms with Crippen LogP contribution in [0.5, 0.6) is 11.6 Å². The van der Waals surface area contributed by atoms with Crippen molar-refractivity contribution >= 4 is 29.7 Å². The molecule has 0 aliphatic heterocycles. The van der Waals surface area contributed by atoms with Crippen molar-refractivity contribution in [3.05, 3.63) is 66.0 Å². The topological polar surface area (TPSA) is 140 Å². The number of benzene rings is 2. The molecule has 0 radical (unpaired) electrons. The third-order valence-electron chi connectivity index (χ3n) is 4.93. The van der Waals surface area contributed by atoms with E-state index >= 15 is 0 Å². The van der Waals surface area contributed by atoms with E-state index in [2.05, 4.69) is 30.7 Å². The van der Waals surface area contributed by atoms with Crippen molar-refractivity contribution in [1.82, 2.24) is 9.97 Å². The summed E-state index contributed by atoms with van der Waals surface area (Å²) in [6.07, 6.45) is -3.15. The van der Waals surface area contributed by atoms with Crippen LogP contribution in [0.25, 0.3) is 0 Å². The quantitative estimate of drug-likeness (QED) is 0.247. The van der Waals surface area contributed by atoms with E-state index in [0.29, 0.717) is 36.2 Å². The second-order valence-electron chi connectivity index (χ2n) is 9.58. The van der Waals surface area contributed by atoms with E-state index in [-0.39, 0.29) is 22.9 Å². The van der Waals surface area contributed by atoms with Gasteiger partial charge in [0.05, 0.1) is 5.56 Å². The molecule has 0 aliphatic rings. The lowest BCUT2D eigenvalue weighted by Crippen LogP contribution is -2.25. The first-order valence-electron chi connectivity index (χ1n) is 12.1. The van der Waals surface area contributed by atoms with Gasteiger partial charge >= 0.3 is 12.2 Å². The SMILES string of the molecule is CC(C)(C)OC=O.Cc1ccc(NC(=O)Nc2ccc(Oc3cc(NC(C)CN)ncn3)cc2)cc1C(F)(F)F. The first-order chi connectivity index (χ1) is 18.7. The predicted octanol–water partition coefficient (Wildman–Crippen LogP) is 5.96. The Kier molecular flexibility index (Phi) is 11.2. The summed E-state index contributed by atoms with van der Waals surface area (Å²) in [4.78, 5) is 29.9. The van der Waals surface area contributed by atoms with Crippen molar-refractivity contribution in [3.63, 3.8) is 0 Å². The number of nitrogens with two attached hydrogens (primary N) is 1. The molecule has 1 heterocycles. The number of anilines is 3. The highest BCUT2D eigenvalue weighted by atomic mass is 19.4. The number of alkyl halides is 3. The Labute approximate surface area is 230 Å². The van der Waals surface area contributed by atoms with Crippen molar-refractivity contribution in [2.24, 2.45) is 5.73 Å². The van der Waals surface area contributed by atoms with Gasteiger partial charge in [-0.15, -0.1) is 0 Å². The molecule has 13 heteroatoms. The average molecular weight is 563 g/mol. The van der Waals surface area contributed by atoms with E-state index in [1.807, 2.05) is 27.7 Å². The molecule has 216 valence electrons. The summed E-state index contributed by atoms with van der Waals surface area (Å²) in [5, 5.41) is 8.06. The van der Waals surface area contributed by atoms with Gasteiger partial charge in [-0.1, -0.05) is 6.07 Å². The molecule has 3 rings (SSSR count). The Balaban J connectivity index is 0.000000708. The maximum atomic E-state index is 13.0. The highest BCUT2D eigenvalue weighted by Crippen LogP contribution is 2.33. The van der Waals surface area contributed by atoms with Crippen LogP contribution < -0.4 is 26.4 Å². The van der Waals surface area contributed by atoms with Crippen molar-refractivity contribution in [3.8, 4) is 11.6 Å². The molecule has 0 saturated heterocycles. The van der Waals surface area contributed by atoms with E-state index in [1.54, 1.807) is 30.3 Å². The zero-order valence-electron chi connectivity index (χ0n) is 22.8. The average Bonchev–Trinajstić information content (AvgIpc) is 2.85. The van der Waals surface area contributed by atoms with Gasteiger partial charge < -0.3 is 31.2 Å². The summed E-state index contributed by atoms with van der Waals surface area (Å²) in [5.74, 6) is 1.35. The Bertz CT molecular complexity index is 1260. The third-order valence-corrected chi connectivity index (χ3v) is 4.93. The molecule has 0 fully saturated rings. The number of aromatic nitrogens is 2. The Morgan fingerprint density at radius 1 is 1.02 bits per heavy atom. The molecule has 5 N–H and O–H groups in total. The molecule has 40 heavy (non-hydrogen) atoms. The van der Waals surface area contributed by atoms with Crippen LogP contribution in [-0.4, -0.2) is 40.7 Å². The molecular weight excluding hydrogens is 529 g/mol. The third kappa shape index (κ3) is 11.2. The number of hydrogen-bond acceptors (Lipinski definition) is 8. The van der Waals surface area contributed by atoms with Gasteiger partial charge in [0.15, 0.2) is 0 Å². The maximum absolute atomic E-state index is 13.0. The largest absolute Gasteiger partial charge is 0.462 e. The molecule has 0 aliphatic carbocycles. The second kappa shape index (κ2) is 14.1. The molecule has 0 bridgehead atoms. The molecule has 2 aromatic carbocycles. The number of carbonyl (C=O) groups is 2. The molecule has 0 saturated carbocycles. The van der Waals surface area contributed by atoms with Crippen molar-refractivity contribution in [2.45, 2.75) is 52.4 Å². The number of carbonyl (C=O) groups excluding carboxylic acids is 2. The number of urea groups is 1. The Morgan fingerprint density at radius 2 is 1.65 bits per heavy atom. The molecule has 1 unspecified atom stereocenters. The monoisotopic (exact) mass is 562 g/mol. The Morgan fingerprint density at radius 3 is 2.20 bits per heavy atom. The lowest BCUT2D eigenvalue weighted by Gasteiger charge is -2.14. The van der Waals surface area contributed by atoms with Crippen LogP contribution in [0.3, 0.4) is 0 Å². The maximum Gasteiger partial charge on any atom is 0.416 e. The highest BCUT2D eigenvalue weighted by Gasteiger charge is 2.32. The fourth-order valence-electron chi connectivity index (χ4n) is 2.96. The minimum atomic E-state index is -4.50. The zero-order valence-corrected chi connectivity index (χ0v) is 22.8. The van der Waals surface area contributed by atoms with Gasteiger partial charge in [-0.05, 0) is 76.6 Å². The predicted molar refractivity (Wildman–Crippen MR) is 146 cm³/mol. The summed E-state index contributed by atoms with van der Waals surface area (Å²) in [6.45, 7) is 9.63. The smallest absolute Gasteiger partial charge is 0.416 e. The summed E-state index contributed by atoms with van der Waals surface area (Å²) < 4.78 is 49.4. The van der Waals surface area contributed by atoms with Crippen LogP contribution in [0.15, 0.2) is 54.9 Å². The van der Waals surface area contributed by atoms with Crippen LogP contribution >= 0.6 is 0 Å².